The zero-order valence-corrected chi connectivity index (χ0v) is 8.47. The molecule has 0 spiro atoms. The summed E-state index contributed by atoms with van der Waals surface area (Å²) in [6.07, 6.45) is 1.81. The predicted octanol–water partition coefficient (Wildman–Crippen LogP) is 2.03. The molecule has 4 heteroatoms. The van der Waals surface area contributed by atoms with E-state index in [-0.39, 0.29) is 0 Å². The molecule has 0 amide bonds. The molecule has 0 aliphatic heterocycles. The monoisotopic (exact) mass is 198 g/mol. The summed E-state index contributed by atoms with van der Waals surface area (Å²) in [6.45, 7) is 2.03. The van der Waals surface area contributed by atoms with Gasteiger partial charge in [0.15, 0.2) is 0 Å². The van der Waals surface area contributed by atoms with Gasteiger partial charge in [-0.2, -0.15) is 5.10 Å². The van der Waals surface area contributed by atoms with Gasteiger partial charge in [0.05, 0.1) is 16.7 Å². The number of aromatic amines is 1. The van der Waals surface area contributed by atoms with Crippen molar-refractivity contribution in [2.75, 3.05) is 0 Å². The van der Waals surface area contributed by atoms with E-state index in [9.17, 15) is 0 Å². The van der Waals surface area contributed by atoms with E-state index in [0.29, 0.717) is 0 Å². The molecule has 2 rings (SSSR count). The van der Waals surface area contributed by atoms with Gasteiger partial charge in [0.2, 0.25) is 0 Å². The number of halogens is 1. The molecule has 12 heavy (non-hydrogen) atoms. The molecule has 1 aromatic heterocycles. The van der Waals surface area contributed by atoms with Gasteiger partial charge in [0.25, 0.3) is 0 Å². The third-order valence-corrected chi connectivity index (χ3v) is 3.24. The summed E-state index contributed by atoms with van der Waals surface area (Å²) in [4.78, 5) is 0. The van der Waals surface area contributed by atoms with Gasteiger partial charge in [0, 0.05) is 5.39 Å². The fourth-order valence-electron chi connectivity index (χ4n) is 1.23. The van der Waals surface area contributed by atoms with Gasteiger partial charge in [-0.1, -0.05) is 11.6 Å². The Morgan fingerprint density at radius 3 is 3.08 bits per heavy atom. The second-order valence-corrected chi connectivity index (χ2v) is 3.71. The third-order valence-electron chi connectivity index (χ3n) is 2.01. The number of benzene rings is 1. The normalized spacial score (nSPS) is 10.9. The fourth-order valence-corrected chi connectivity index (χ4v) is 1.72. The van der Waals surface area contributed by atoms with E-state index >= 15 is 0 Å². The zero-order chi connectivity index (χ0) is 8.72. The van der Waals surface area contributed by atoms with Crippen LogP contribution in [-0.4, -0.2) is 10.2 Å². The van der Waals surface area contributed by atoms with Crippen molar-refractivity contribution in [3.8, 4) is 0 Å². The minimum atomic E-state index is 0.759. The highest BCUT2D eigenvalue weighted by Crippen LogP contribution is 2.21. The highest BCUT2D eigenvalue weighted by atomic mass is 35.5. The summed E-state index contributed by atoms with van der Waals surface area (Å²) >= 11 is 5.98. The summed E-state index contributed by atoms with van der Waals surface area (Å²) in [5, 5.41) is 9.77. The smallest absolute Gasteiger partial charge is 0.0668 e. The van der Waals surface area contributed by atoms with E-state index in [1.165, 1.54) is 0 Å². The second kappa shape index (κ2) is 2.72. The quantitative estimate of drug-likeness (QED) is 0.645. The standard InChI is InChI=1S/C8H8ClN2P/c1-4-5-3-10-11-7(5)2-6(9)8(4)12/h2-3H,12H2,1H3,(H,10,11). The number of nitrogens with one attached hydrogen (secondary N) is 1. The van der Waals surface area contributed by atoms with E-state index < -0.39 is 0 Å². The van der Waals surface area contributed by atoms with Crippen molar-refractivity contribution in [3.63, 3.8) is 0 Å². The van der Waals surface area contributed by atoms with Crippen molar-refractivity contribution in [1.29, 1.82) is 0 Å². The van der Waals surface area contributed by atoms with Gasteiger partial charge in [-0.3, -0.25) is 5.10 Å². The Labute approximate surface area is 77.5 Å². The number of nitrogens with zero attached hydrogens (tertiary/aromatic N) is 1. The number of fused-ring (bicyclic) bond motifs is 1. The molecule has 0 saturated heterocycles. The highest BCUT2D eigenvalue weighted by molar-refractivity contribution is 7.28. The molecule has 0 aliphatic rings. The van der Waals surface area contributed by atoms with E-state index in [4.69, 9.17) is 11.6 Å². The number of H-pyrrole nitrogens is 1. The zero-order valence-electron chi connectivity index (χ0n) is 6.56. The minimum Gasteiger partial charge on any atom is -0.278 e. The van der Waals surface area contributed by atoms with Crippen LogP contribution < -0.4 is 5.30 Å². The van der Waals surface area contributed by atoms with Crippen molar-refractivity contribution in [3.05, 3.63) is 22.8 Å². The van der Waals surface area contributed by atoms with E-state index in [0.717, 1.165) is 26.8 Å². The minimum absolute atomic E-state index is 0.759. The molecule has 0 aliphatic carbocycles. The van der Waals surface area contributed by atoms with Crippen molar-refractivity contribution >= 4 is 37.0 Å². The van der Waals surface area contributed by atoms with Crippen LogP contribution in [0.15, 0.2) is 12.3 Å². The first kappa shape index (κ1) is 8.03. The van der Waals surface area contributed by atoms with Gasteiger partial charge in [-0.15, -0.1) is 9.24 Å². The molecule has 0 bridgehead atoms. The first-order valence-electron chi connectivity index (χ1n) is 3.58. The van der Waals surface area contributed by atoms with Crippen LogP contribution in [0.3, 0.4) is 0 Å². The first-order chi connectivity index (χ1) is 5.70. The van der Waals surface area contributed by atoms with Gasteiger partial charge in [-0.05, 0) is 23.9 Å². The van der Waals surface area contributed by atoms with Crippen molar-refractivity contribution < 1.29 is 0 Å². The van der Waals surface area contributed by atoms with Gasteiger partial charge >= 0.3 is 0 Å². The largest absolute Gasteiger partial charge is 0.278 e. The molecule has 1 N–H and O–H groups in total. The molecular formula is C8H8ClN2P. The van der Waals surface area contributed by atoms with Crippen LogP contribution in [0.1, 0.15) is 5.56 Å². The van der Waals surface area contributed by atoms with Crippen LogP contribution in [0.2, 0.25) is 5.02 Å². The molecule has 2 aromatic rings. The van der Waals surface area contributed by atoms with Crippen molar-refractivity contribution in [2.24, 2.45) is 0 Å². The van der Waals surface area contributed by atoms with Crippen LogP contribution in [0, 0.1) is 6.92 Å². The molecule has 62 valence electrons. The molecule has 0 saturated carbocycles. The topological polar surface area (TPSA) is 28.7 Å². The Kier molecular flexibility index (Phi) is 1.82. The molecule has 1 atom stereocenters. The molecule has 0 radical (unpaired) electrons. The molecule has 0 fully saturated rings. The molecule has 1 unspecified atom stereocenters. The van der Waals surface area contributed by atoms with Crippen LogP contribution in [0.4, 0.5) is 0 Å². The lowest BCUT2D eigenvalue weighted by Gasteiger charge is -2.02. The van der Waals surface area contributed by atoms with E-state index in [2.05, 4.69) is 19.4 Å². The summed E-state index contributed by atoms with van der Waals surface area (Å²) in [5.41, 5.74) is 2.15. The van der Waals surface area contributed by atoms with Crippen molar-refractivity contribution in [2.45, 2.75) is 6.92 Å². The average molecular weight is 199 g/mol. The van der Waals surface area contributed by atoms with E-state index in [1.807, 2.05) is 19.2 Å². The fraction of sp³-hybridized carbons (Fsp3) is 0.125. The van der Waals surface area contributed by atoms with Gasteiger partial charge < -0.3 is 0 Å². The third kappa shape index (κ3) is 1.03. The van der Waals surface area contributed by atoms with Crippen LogP contribution >= 0.6 is 20.8 Å². The maximum Gasteiger partial charge on any atom is 0.0668 e. The maximum absolute atomic E-state index is 5.98. The lowest BCUT2D eigenvalue weighted by atomic mass is 10.1. The van der Waals surface area contributed by atoms with Crippen molar-refractivity contribution in [1.82, 2.24) is 10.2 Å². The Morgan fingerprint density at radius 1 is 1.58 bits per heavy atom. The van der Waals surface area contributed by atoms with Crippen LogP contribution in [-0.2, 0) is 0 Å². The number of aryl methyl sites for hydroxylation is 1. The highest BCUT2D eigenvalue weighted by Gasteiger charge is 2.05. The second-order valence-electron chi connectivity index (χ2n) is 2.73. The summed E-state index contributed by atoms with van der Waals surface area (Å²) in [5.74, 6) is 0. The lowest BCUT2D eigenvalue weighted by molar-refractivity contribution is 1.12. The molecule has 2 nitrogen and oxygen atoms in total. The summed E-state index contributed by atoms with van der Waals surface area (Å²) in [7, 11) is 2.64. The maximum atomic E-state index is 5.98. The molecule has 1 heterocycles. The lowest BCUT2D eigenvalue weighted by Crippen LogP contribution is -1.98. The van der Waals surface area contributed by atoms with Crippen LogP contribution in [0.5, 0.6) is 0 Å². The summed E-state index contributed by atoms with van der Waals surface area (Å²) in [6, 6.07) is 1.89. The Balaban J connectivity index is 2.94. The number of aromatic nitrogens is 2. The number of hydrogen-bond acceptors (Lipinski definition) is 1. The Hall–Kier alpha value is -0.590. The number of hydrogen-bond donors (Lipinski definition) is 1. The molecule has 1 aromatic carbocycles. The first-order valence-corrected chi connectivity index (χ1v) is 4.53. The Bertz CT molecular complexity index is 436. The van der Waals surface area contributed by atoms with Gasteiger partial charge in [0.1, 0.15) is 0 Å². The number of rotatable bonds is 0. The predicted molar refractivity (Wildman–Crippen MR) is 55.2 cm³/mol. The van der Waals surface area contributed by atoms with Gasteiger partial charge in [-0.25, -0.2) is 0 Å². The molecular weight excluding hydrogens is 191 g/mol. The SMILES string of the molecule is Cc1c(P)c(Cl)cc2[nH]ncc12. The Morgan fingerprint density at radius 2 is 2.33 bits per heavy atom. The van der Waals surface area contributed by atoms with Crippen LogP contribution in [0.25, 0.3) is 10.9 Å². The van der Waals surface area contributed by atoms with E-state index in [1.54, 1.807) is 0 Å². The summed E-state index contributed by atoms with van der Waals surface area (Å²) < 4.78 is 0. The average Bonchev–Trinajstić information content (AvgIpc) is 2.48.